The van der Waals surface area contributed by atoms with Crippen LogP contribution in [0.2, 0.25) is 0 Å². The van der Waals surface area contributed by atoms with E-state index >= 15 is 0 Å². The molecular weight excluding hydrogens is 482 g/mol. The van der Waals surface area contributed by atoms with Crippen molar-refractivity contribution in [2.24, 2.45) is 13.0 Å². The monoisotopic (exact) mass is 521 g/mol. The molecule has 0 amide bonds. The predicted octanol–water partition coefficient (Wildman–Crippen LogP) is 4.40. The molecule has 0 N–H and O–H groups in total. The van der Waals surface area contributed by atoms with Crippen molar-refractivity contribution in [3.8, 4) is 11.4 Å². The highest BCUT2D eigenvalue weighted by Crippen LogP contribution is 2.34. The highest BCUT2D eigenvalue weighted by Gasteiger charge is 2.31. The van der Waals surface area contributed by atoms with E-state index in [9.17, 15) is 8.42 Å². The first-order chi connectivity index (χ1) is 17.8. The van der Waals surface area contributed by atoms with Gasteiger partial charge in [-0.1, -0.05) is 0 Å². The van der Waals surface area contributed by atoms with Crippen molar-refractivity contribution in [2.75, 3.05) is 39.0 Å². The zero-order valence-corrected chi connectivity index (χ0v) is 23.2. The van der Waals surface area contributed by atoms with Crippen LogP contribution in [0.1, 0.15) is 55.7 Å². The molecule has 7 nitrogen and oxygen atoms in total. The number of hydrogen-bond acceptors (Lipinski definition) is 6. The van der Waals surface area contributed by atoms with Crippen molar-refractivity contribution < 1.29 is 8.42 Å². The molecule has 0 radical (unpaired) electrons. The second-order valence-electron chi connectivity index (χ2n) is 11.6. The van der Waals surface area contributed by atoms with Gasteiger partial charge in [0, 0.05) is 43.1 Å². The number of likely N-dealkylation sites (tertiary alicyclic amines) is 2. The fourth-order valence-electron chi connectivity index (χ4n) is 6.34. The SMILES string of the molecule is Cc1cc(C2CCN(C3CCN(CC4CC4)CC3)CC2)nc2c1nc(-c1ccc(S(C)(=O)=O)cc1)n2C. The topological polar surface area (TPSA) is 71.3 Å². The molecule has 4 heterocycles. The van der Waals surface area contributed by atoms with Crippen LogP contribution in [-0.4, -0.2) is 77.8 Å². The van der Waals surface area contributed by atoms with E-state index in [1.165, 1.54) is 70.4 Å². The van der Waals surface area contributed by atoms with Gasteiger partial charge in [0.05, 0.1) is 4.90 Å². The average molecular weight is 522 g/mol. The molecule has 3 fully saturated rings. The van der Waals surface area contributed by atoms with Crippen LogP contribution in [0, 0.1) is 12.8 Å². The van der Waals surface area contributed by atoms with E-state index in [1.54, 1.807) is 12.1 Å². The molecule has 1 aliphatic carbocycles. The zero-order chi connectivity index (χ0) is 25.7. The van der Waals surface area contributed by atoms with Crippen LogP contribution in [0.5, 0.6) is 0 Å². The number of pyridine rings is 1. The highest BCUT2D eigenvalue weighted by molar-refractivity contribution is 7.90. The number of piperidine rings is 2. The number of rotatable bonds is 6. The van der Waals surface area contributed by atoms with Gasteiger partial charge >= 0.3 is 0 Å². The molecule has 1 saturated carbocycles. The lowest BCUT2D eigenvalue weighted by molar-refractivity contribution is 0.0852. The van der Waals surface area contributed by atoms with Crippen LogP contribution in [-0.2, 0) is 16.9 Å². The Morgan fingerprint density at radius 3 is 2.22 bits per heavy atom. The number of hydrogen-bond donors (Lipinski definition) is 0. The van der Waals surface area contributed by atoms with Crippen molar-refractivity contribution in [3.63, 3.8) is 0 Å². The number of fused-ring (bicyclic) bond motifs is 1. The summed E-state index contributed by atoms with van der Waals surface area (Å²) in [5, 5.41) is 0. The number of nitrogens with zero attached hydrogens (tertiary/aromatic N) is 5. The fourth-order valence-corrected chi connectivity index (χ4v) is 6.97. The summed E-state index contributed by atoms with van der Waals surface area (Å²) in [5.41, 5.74) is 5.06. The first-order valence-electron chi connectivity index (χ1n) is 13.9. The van der Waals surface area contributed by atoms with Crippen LogP contribution in [0.15, 0.2) is 35.2 Å². The molecule has 2 aliphatic heterocycles. The van der Waals surface area contributed by atoms with E-state index in [0.29, 0.717) is 10.8 Å². The summed E-state index contributed by atoms with van der Waals surface area (Å²) < 4.78 is 25.7. The second kappa shape index (κ2) is 9.79. The molecule has 0 bridgehead atoms. The van der Waals surface area contributed by atoms with Crippen molar-refractivity contribution in [3.05, 3.63) is 41.6 Å². The van der Waals surface area contributed by atoms with Crippen molar-refractivity contribution in [1.29, 1.82) is 0 Å². The lowest BCUT2D eigenvalue weighted by atomic mass is 9.90. The third-order valence-corrected chi connectivity index (χ3v) is 9.94. The van der Waals surface area contributed by atoms with Gasteiger partial charge < -0.3 is 14.4 Å². The van der Waals surface area contributed by atoms with Crippen molar-refractivity contribution in [2.45, 2.75) is 62.3 Å². The standard InChI is InChI=1S/C29H39N5O2S/c1-20-18-26(22-10-16-34(17-11-22)24-12-14-33(15-13-24)19-21-4-5-21)30-29-27(20)31-28(32(29)2)23-6-8-25(9-7-23)37(3,35)36/h6-9,18,21-22,24H,4-5,10-17,19H2,1-3H3. The normalized spacial score (nSPS) is 21.2. The van der Waals surface area contributed by atoms with Gasteiger partial charge in [0.2, 0.25) is 0 Å². The zero-order valence-electron chi connectivity index (χ0n) is 22.4. The Balaban J connectivity index is 1.15. The van der Waals surface area contributed by atoms with Crippen molar-refractivity contribution in [1.82, 2.24) is 24.3 Å². The minimum absolute atomic E-state index is 0.321. The Labute approximate surface area is 220 Å². The molecule has 8 heteroatoms. The lowest BCUT2D eigenvalue weighted by Gasteiger charge is -2.41. The van der Waals surface area contributed by atoms with Gasteiger partial charge in [-0.05, 0) is 113 Å². The third kappa shape index (κ3) is 5.20. The van der Waals surface area contributed by atoms with Crippen LogP contribution in [0.4, 0.5) is 0 Å². The van der Waals surface area contributed by atoms with E-state index in [2.05, 4.69) is 22.8 Å². The van der Waals surface area contributed by atoms with Gasteiger partial charge in [0.1, 0.15) is 11.3 Å². The van der Waals surface area contributed by atoms with Gasteiger partial charge in [-0.3, -0.25) is 0 Å². The summed E-state index contributed by atoms with van der Waals surface area (Å²) in [5.74, 6) is 2.30. The van der Waals surface area contributed by atoms with Gasteiger partial charge in [-0.2, -0.15) is 0 Å². The first kappa shape index (κ1) is 25.0. The molecule has 1 aromatic carbocycles. The molecule has 2 aromatic heterocycles. The summed E-state index contributed by atoms with van der Waals surface area (Å²) >= 11 is 0. The quantitative estimate of drug-likeness (QED) is 0.479. The number of imidazole rings is 1. The number of aromatic nitrogens is 3. The first-order valence-corrected chi connectivity index (χ1v) is 15.8. The maximum absolute atomic E-state index is 11.8. The smallest absolute Gasteiger partial charge is 0.175 e. The summed E-state index contributed by atoms with van der Waals surface area (Å²) in [6.07, 6.45) is 9.11. The maximum atomic E-state index is 11.8. The van der Waals surface area contributed by atoms with Crippen LogP contribution in [0.25, 0.3) is 22.6 Å². The molecule has 0 atom stereocenters. The van der Waals surface area contributed by atoms with Crippen molar-refractivity contribution >= 4 is 21.0 Å². The van der Waals surface area contributed by atoms with Crippen LogP contribution >= 0.6 is 0 Å². The summed E-state index contributed by atoms with van der Waals surface area (Å²) in [6.45, 7) is 8.35. The van der Waals surface area contributed by atoms with E-state index in [-0.39, 0.29) is 0 Å². The molecule has 37 heavy (non-hydrogen) atoms. The second-order valence-corrected chi connectivity index (χ2v) is 13.6. The Morgan fingerprint density at radius 2 is 1.59 bits per heavy atom. The fraction of sp³-hybridized carbons (Fsp3) is 0.586. The van der Waals surface area contributed by atoms with Gasteiger partial charge in [-0.25, -0.2) is 18.4 Å². The van der Waals surface area contributed by atoms with E-state index in [0.717, 1.165) is 52.9 Å². The molecule has 0 spiro atoms. The highest BCUT2D eigenvalue weighted by atomic mass is 32.2. The Morgan fingerprint density at radius 1 is 0.919 bits per heavy atom. The van der Waals surface area contributed by atoms with Gasteiger partial charge in [0.15, 0.2) is 15.5 Å². The molecule has 2 saturated heterocycles. The Bertz CT molecular complexity index is 1380. The lowest BCUT2D eigenvalue weighted by Crippen LogP contribution is -2.47. The Kier molecular flexibility index (Phi) is 6.62. The van der Waals surface area contributed by atoms with E-state index in [1.807, 2.05) is 23.7 Å². The molecule has 0 unspecified atom stereocenters. The maximum Gasteiger partial charge on any atom is 0.175 e. The van der Waals surface area contributed by atoms with E-state index < -0.39 is 9.84 Å². The van der Waals surface area contributed by atoms with Crippen LogP contribution in [0.3, 0.4) is 0 Å². The molecule has 198 valence electrons. The van der Waals surface area contributed by atoms with Crippen LogP contribution < -0.4 is 0 Å². The number of aryl methyl sites for hydroxylation is 2. The number of benzene rings is 1. The summed E-state index contributed by atoms with van der Waals surface area (Å²) in [4.78, 5) is 15.8. The minimum atomic E-state index is -3.22. The van der Waals surface area contributed by atoms with E-state index in [4.69, 9.17) is 9.97 Å². The predicted molar refractivity (Wildman–Crippen MR) is 148 cm³/mol. The Hall–Kier alpha value is -2.29. The number of sulfone groups is 1. The summed E-state index contributed by atoms with van der Waals surface area (Å²) in [7, 11) is -1.22. The third-order valence-electron chi connectivity index (χ3n) is 8.81. The largest absolute Gasteiger partial charge is 0.312 e. The average Bonchev–Trinajstić information content (AvgIpc) is 3.65. The minimum Gasteiger partial charge on any atom is -0.312 e. The molecule has 6 rings (SSSR count). The molecular formula is C29H39N5O2S. The molecule has 3 aliphatic rings. The van der Waals surface area contributed by atoms with Gasteiger partial charge in [0.25, 0.3) is 0 Å². The molecule has 3 aromatic rings. The van der Waals surface area contributed by atoms with Gasteiger partial charge in [-0.15, -0.1) is 0 Å². The summed E-state index contributed by atoms with van der Waals surface area (Å²) in [6, 6.07) is 9.96.